The van der Waals surface area contributed by atoms with Gasteiger partial charge in [-0.15, -0.1) is 0 Å². The van der Waals surface area contributed by atoms with Crippen LogP contribution in [0.5, 0.6) is 0 Å². The molecule has 4 heterocycles. The van der Waals surface area contributed by atoms with Gasteiger partial charge in [-0.25, -0.2) is 9.97 Å². The van der Waals surface area contributed by atoms with Crippen molar-refractivity contribution in [2.75, 3.05) is 19.6 Å². The largest absolute Gasteiger partial charge is 0.338 e. The van der Waals surface area contributed by atoms with Gasteiger partial charge in [0.15, 0.2) is 0 Å². The lowest BCUT2D eigenvalue weighted by Gasteiger charge is -2.32. The van der Waals surface area contributed by atoms with E-state index in [2.05, 4.69) is 24.4 Å². The summed E-state index contributed by atoms with van der Waals surface area (Å²) in [6.07, 6.45) is 12.2. The first-order chi connectivity index (χ1) is 13.7. The van der Waals surface area contributed by atoms with Crippen molar-refractivity contribution >= 4 is 0 Å². The van der Waals surface area contributed by atoms with Crippen LogP contribution in [0.1, 0.15) is 18.5 Å². The first-order valence-electron chi connectivity index (χ1n) is 9.83. The summed E-state index contributed by atoms with van der Waals surface area (Å²) in [5, 5.41) is 0. The Balaban J connectivity index is 1.30. The lowest BCUT2D eigenvalue weighted by Crippen LogP contribution is -2.37. The SMILES string of the molecule is Cn1cncc1CCN1CCC(Cn2cnc(-c3cccnc3)cc2=O)CC1. The molecule has 0 bridgehead atoms. The van der Waals surface area contributed by atoms with Crippen molar-refractivity contribution in [1.82, 2.24) is 29.0 Å². The van der Waals surface area contributed by atoms with Crippen LogP contribution >= 0.6 is 0 Å². The Morgan fingerprint density at radius 1 is 1.14 bits per heavy atom. The van der Waals surface area contributed by atoms with E-state index < -0.39 is 0 Å². The maximum absolute atomic E-state index is 12.5. The molecule has 28 heavy (non-hydrogen) atoms. The molecule has 0 radical (unpaired) electrons. The molecule has 0 spiro atoms. The van der Waals surface area contributed by atoms with Crippen LogP contribution in [0.15, 0.2) is 54.2 Å². The Kier molecular flexibility index (Phi) is 5.62. The molecule has 4 rings (SSSR count). The van der Waals surface area contributed by atoms with Gasteiger partial charge in [0.05, 0.1) is 18.3 Å². The summed E-state index contributed by atoms with van der Waals surface area (Å²) in [5.74, 6) is 0.525. The summed E-state index contributed by atoms with van der Waals surface area (Å²) in [7, 11) is 2.04. The van der Waals surface area contributed by atoms with E-state index in [1.165, 1.54) is 5.69 Å². The first kappa shape index (κ1) is 18.6. The summed E-state index contributed by atoms with van der Waals surface area (Å²) in [6, 6.07) is 5.38. The van der Waals surface area contributed by atoms with Crippen LogP contribution in [0.3, 0.4) is 0 Å². The van der Waals surface area contributed by atoms with Gasteiger partial charge in [0, 0.05) is 62.5 Å². The molecule has 7 nitrogen and oxygen atoms in total. The fraction of sp³-hybridized carbons (Fsp3) is 0.429. The van der Waals surface area contributed by atoms with E-state index in [-0.39, 0.29) is 5.56 Å². The van der Waals surface area contributed by atoms with E-state index in [0.717, 1.165) is 51.0 Å². The van der Waals surface area contributed by atoms with Crippen molar-refractivity contribution in [1.29, 1.82) is 0 Å². The number of hydrogen-bond acceptors (Lipinski definition) is 5. The van der Waals surface area contributed by atoms with Crippen molar-refractivity contribution in [2.24, 2.45) is 13.0 Å². The summed E-state index contributed by atoms with van der Waals surface area (Å²) in [6.45, 7) is 3.97. The number of aryl methyl sites for hydroxylation is 1. The molecule has 1 saturated heterocycles. The average molecular weight is 378 g/mol. The van der Waals surface area contributed by atoms with Gasteiger partial charge >= 0.3 is 0 Å². The molecule has 1 fully saturated rings. The normalized spacial score (nSPS) is 15.8. The predicted octanol–water partition coefficient (Wildman–Crippen LogP) is 1.99. The molecule has 3 aromatic heterocycles. The van der Waals surface area contributed by atoms with Gasteiger partial charge in [-0.3, -0.25) is 14.3 Å². The number of rotatable bonds is 6. The van der Waals surface area contributed by atoms with Gasteiger partial charge in [0.2, 0.25) is 0 Å². The van der Waals surface area contributed by atoms with Gasteiger partial charge in [-0.1, -0.05) is 0 Å². The van der Waals surface area contributed by atoms with Crippen molar-refractivity contribution in [3.05, 3.63) is 65.5 Å². The molecule has 0 aromatic carbocycles. The number of pyridine rings is 1. The highest BCUT2D eigenvalue weighted by molar-refractivity contribution is 5.56. The quantitative estimate of drug-likeness (QED) is 0.656. The van der Waals surface area contributed by atoms with Crippen LogP contribution in [0.2, 0.25) is 0 Å². The van der Waals surface area contributed by atoms with E-state index in [9.17, 15) is 4.79 Å². The fourth-order valence-electron chi connectivity index (χ4n) is 3.80. The van der Waals surface area contributed by atoms with E-state index in [1.807, 2.05) is 31.7 Å². The summed E-state index contributed by atoms with van der Waals surface area (Å²) in [5.41, 5.74) is 2.83. The van der Waals surface area contributed by atoms with E-state index in [0.29, 0.717) is 11.6 Å². The summed E-state index contributed by atoms with van der Waals surface area (Å²) in [4.78, 5) is 27.7. The van der Waals surface area contributed by atoms with Crippen molar-refractivity contribution in [2.45, 2.75) is 25.8 Å². The number of imidazole rings is 1. The minimum absolute atomic E-state index is 0.00694. The number of piperidine rings is 1. The lowest BCUT2D eigenvalue weighted by molar-refractivity contribution is 0.174. The molecule has 0 amide bonds. The highest BCUT2D eigenvalue weighted by Gasteiger charge is 2.20. The average Bonchev–Trinajstić information content (AvgIpc) is 3.14. The van der Waals surface area contributed by atoms with Crippen LogP contribution < -0.4 is 5.56 Å². The highest BCUT2D eigenvalue weighted by Crippen LogP contribution is 2.19. The molecular weight excluding hydrogens is 352 g/mol. The van der Waals surface area contributed by atoms with Gasteiger partial charge in [0.25, 0.3) is 5.56 Å². The van der Waals surface area contributed by atoms with Gasteiger partial charge in [-0.05, 0) is 44.0 Å². The molecule has 0 unspecified atom stereocenters. The third-order valence-electron chi connectivity index (χ3n) is 5.60. The third-order valence-corrected chi connectivity index (χ3v) is 5.60. The molecule has 7 heteroatoms. The van der Waals surface area contributed by atoms with Crippen molar-refractivity contribution in [3.8, 4) is 11.3 Å². The Hall–Kier alpha value is -2.80. The molecule has 0 atom stereocenters. The topological polar surface area (TPSA) is 68.8 Å². The van der Waals surface area contributed by atoms with Crippen LogP contribution in [0.25, 0.3) is 11.3 Å². The molecule has 0 aliphatic carbocycles. The zero-order chi connectivity index (χ0) is 19.3. The van der Waals surface area contributed by atoms with Gasteiger partial charge < -0.3 is 9.47 Å². The molecule has 0 N–H and O–H groups in total. The van der Waals surface area contributed by atoms with E-state index in [4.69, 9.17) is 0 Å². The van der Waals surface area contributed by atoms with Gasteiger partial charge in [-0.2, -0.15) is 0 Å². The molecule has 146 valence electrons. The standard InChI is InChI=1S/C21H26N6O/c1-25-15-23-13-19(25)6-10-26-8-4-17(5-9-26)14-27-16-24-20(11-21(27)28)18-3-2-7-22-12-18/h2-3,7,11-13,15-17H,4-6,8-10,14H2,1H3. The monoisotopic (exact) mass is 378 g/mol. The minimum atomic E-state index is 0.00694. The number of likely N-dealkylation sites (tertiary alicyclic amines) is 1. The molecule has 1 aliphatic heterocycles. The summed E-state index contributed by atoms with van der Waals surface area (Å²) < 4.78 is 3.83. The second-order valence-electron chi connectivity index (χ2n) is 7.54. The first-order valence-corrected chi connectivity index (χ1v) is 9.83. The fourth-order valence-corrected chi connectivity index (χ4v) is 3.80. The van der Waals surface area contributed by atoms with E-state index >= 15 is 0 Å². The van der Waals surface area contributed by atoms with Crippen LogP contribution in [0, 0.1) is 5.92 Å². The molecular formula is C21H26N6O. The van der Waals surface area contributed by atoms with Crippen LogP contribution in [0.4, 0.5) is 0 Å². The van der Waals surface area contributed by atoms with E-state index in [1.54, 1.807) is 29.4 Å². The summed E-state index contributed by atoms with van der Waals surface area (Å²) >= 11 is 0. The number of hydrogen-bond donors (Lipinski definition) is 0. The maximum Gasteiger partial charge on any atom is 0.253 e. The molecule has 3 aromatic rings. The van der Waals surface area contributed by atoms with Crippen molar-refractivity contribution in [3.63, 3.8) is 0 Å². The minimum Gasteiger partial charge on any atom is -0.338 e. The Morgan fingerprint density at radius 3 is 2.68 bits per heavy atom. The third kappa shape index (κ3) is 4.36. The highest BCUT2D eigenvalue weighted by atomic mass is 16.1. The maximum atomic E-state index is 12.5. The van der Waals surface area contributed by atoms with Crippen LogP contribution in [-0.2, 0) is 20.0 Å². The molecule has 1 aliphatic rings. The van der Waals surface area contributed by atoms with Gasteiger partial charge in [0.1, 0.15) is 0 Å². The smallest absolute Gasteiger partial charge is 0.253 e. The predicted molar refractivity (Wildman–Crippen MR) is 108 cm³/mol. The Morgan fingerprint density at radius 2 is 2.00 bits per heavy atom. The van der Waals surface area contributed by atoms with Crippen LogP contribution in [-0.4, -0.2) is 48.6 Å². The number of aromatic nitrogens is 5. The zero-order valence-electron chi connectivity index (χ0n) is 16.2. The zero-order valence-corrected chi connectivity index (χ0v) is 16.2. The number of nitrogens with zero attached hydrogens (tertiary/aromatic N) is 6. The Bertz CT molecular complexity index is 956. The second kappa shape index (κ2) is 8.48. The van der Waals surface area contributed by atoms with Crippen molar-refractivity contribution < 1.29 is 0 Å². The lowest BCUT2D eigenvalue weighted by atomic mass is 9.96. The Labute approximate surface area is 164 Å². The molecule has 0 saturated carbocycles. The second-order valence-corrected chi connectivity index (χ2v) is 7.54.